The number of aromatic amines is 1. The van der Waals surface area contributed by atoms with Crippen molar-refractivity contribution in [2.75, 3.05) is 14.1 Å². The van der Waals surface area contributed by atoms with Gasteiger partial charge in [-0.05, 0) is 24.6 Å². The van der Waals surface area contributed by atoms with Gasteiger partial charge in [0.15, 0.2) is 5.01 Å². The van der Waals surface area contributed by atoms with Crippen molar-refractivity contribution in [1.29, 1.82) is 0 Å². The van der Waals surface area contributed by atoms with E-state index in [2.05, 4.69) is 51.8 Å². The number of H-pyrrole nitrogens is 1. The molecule has 0 saturated heterocycles. The second-order valence-corrected chi connectivity index (χ2v) is 6.01. The van der Waals surface area contributed by atoms with E-state index in [-0.39, 0.29) is 0 Å². The van der Waals surface area contributed by atoms with Gasteiger partial charge in [0.25, 0.3) is 0 Å². The minimum absolute atomic E-state index is 0.698. The van der Waals surface area contributed by atoms with E-state index in [1.807, 2.05) is 19.1 Å². The molecule has 2 N–H and O–H groups in total. The van der Waals surface area contributed by atoms with Crippen molar-refractivity contribution in [3.05, 3.63) is 34.8 Å². The Bertz CT molecular complexity index is 728. The van der Waals surface area contributed by atoms with E-state index >= 15 is 0 Å². The van der Waals surface area contributed by atoms with Gasteiger partial charge in [0.1, 0.15) is 5.01 Å². The van der Waals surface area contributed by atoms with E-state index in [0.29, 0.717) is 6.54 Å². The minimum Gasteiger partial charge on any atom is -0.353 e. The standard InChI is InChI=1S/C14H17N5S/c1-9-5-4-6-11-10(9)7-12(16-11)14-18-17-13(20-14)8-15-19(2)3/h4-7,15-16H,8H2,1-3H3. The van der Waals surface area contributed by atoms with Crippen LogP contribution in [0.3, 0.4) is 0 Å². The van der Waals surface area contributed by atoms with Gasteiger partial charge in [-0.1, -0.05) is 23.5 Å². The third-order valence-corrected chi connectivity index (χ3v) is 4.08. The predicted molar refractivity (Wildman–Crippen MR) is 82.5 cm³/mol. The van der Waals surface area contributed by atoms with Crippen LogP contribution in [0.15, 0.2) is 24.3 Å². The van der Waals surface area contributed by atoms with Crippen LogP contribution in [0.1, 0.15) is 10.6 Å². The molecule has 0 aliphatic rings. The van der Waals surface area contributed by atoms with Gasteiger partial charge in [-0.15, -0.1) is 10.2 Å². The Hall–Kier alpha value is -1.76. The molecule has 1 aromatic carbocycles. The molecule has 3 rings (SSSR count). The summed E-state index contributed by atoms with van der Waals surface area (Å²) in [5, 5.41) is 13.5. The molecule has 0 aliphatic heterocycles. The number of hydrogen-bond acceptors (Lipinski definition) is 5. The van der Waals surface area contributed by atoms with E-state index in [0.717, 1.165) is 21.2 Å². The van der Waals surface area contributed by atoms with Crippen LogP contribution in [0, 0.1) is 6.92 Å². The molecule has 0 bridgehead atoms. The maximum absolute atomic E-state index is 4.27. The van der Waals surface area contributed by atoms with Gasteiger partial charge in [-0.2, -0.15) is 0 Å². The second kappa shape index (κ2) is 5.32. The zero-order chi connectivity index (χ0) is 14.1. The molecule has 2 heterocycles. The first-order chi connectivity index (χ1) is 9.63. The third kappa shape index (κ3) is 2.58. The van der Waals surface area contributed by atoms with Crippen LogP contribution < -0.4 is 5.43 Å². The molecule has 0 saturated carbocycles. The number of fused-ring (bicyclic) bond motifs is 1. The van der Waals surface area contributed by atoms with Crippen LogP contribution in [0.4, 0.5) is 0 Å². The first kappa shape index (κ1) is 13.2. The van der Waals surface area contributed by atoms with Gasteiger partial charge < -0.3 is 4.98 Å². The first-order valence-electron chi connectivity index (χ1n) is 6.45. The van der Waals surface area contributed by atoms with Crippen LogP contribution in [-0.2, 0) is 6.54 Å². The molecular formula is C14H17N5S. The molecule has 5 nitrogen and oxygen atoms in total. The molecule has 0 spiro atoms. The highest BCUT2D eigenvalue weighted by Crippen LogP contribution is 2.28. The highest BCUT2D eigenvalue weighted by atomic mass is 32.1. The van der Waals surface area contributed by atoms with Gasteiger partial charge in [0.2, 0.25) is 0 Å². The average Bonchev–Trinajstić information content (AvgIpc) is 3.03. The molecule has 3 aromatic rings. The van der Waals surface area contributed by atoms with Crippen molar-refractivity contribution in [2.24, 2.45) is 0 Å². The summed E-state index contributed by atoms with van der Waals surface area (Å²) in [5.74, 6) is 0. The molecule has 0 unspecified atom stereocenters. The maximum atomic E-state index is 4.27. The number of hydrogen-bond donors (Lipinski definition) is 2. The summed E-state index contributed by atoms with van der Waals surface area (Å²) in [5.41, 5.74) is 6.63. The van der Waals surface area contributed by atoms with Crippen molar-refractivity contribution in [3.63, 3.8) is 0 Å². The van der Waals surface area contributed by atoms with Gasteiger partial charge in [-0.3, -0.25) is 5.01 Å². The Morgan fingerprint density at radius 1 is 1.30 bits per heavy atom. The smallest absolute Gasteiger partial charge is 0.164 e. The largest absolute Gasteiger partial charge is 0.353 e. The molecule has 20 heavy (non-hydrogen) atoms. The number of aryl methyl sites for hydroxylation is 1. The zero-order valence-electron chi connectivity index (χ0n) is 11.8. The zero-order valence-corrected chi connectivity index (χ0v) is 12.6. The monoisotopic (exact) mass is 287 g/mol. The van der Waals surface area contributed by atoms with E-state index in [9.17, 15) is 0 Å². The Morgan fingerprint density at radius 3 is 2.90 bits per heavy atom. The Labute approximate surface area is 121 Å². The quantitative estimate of drug-likeness (QED) is 0.724. The van der Waals surface area contributed by atoms with Crippen molar-refractivity contribution < 1.29 is 0 Å². The van der Waals surface area contributed by atoms with E-state index in [1.54, 1.807) is 11.3 Å². The number of rotatable bonds is 4. The van der Waals surface area contributed by atoms with Gasteiger partial charge in [0.05, 0.1) is 12.2 Å². The number of aromatic nitrogens is 3. The lowest BCUT2D eigenvalue weighted by Crippen LogP contribution is -2.29. The lowest BCUT2D eigenvalue weighted by molar-refractivity contribution is 0.285. The summed E-state index contributed by atoms with van der Waals surface area (Å²) in [6.07, 6.45) is 0. The number of benzene rings is 1. The fourth-order valence-corrected chi connectivity index (χ4v) is 2.82. The number of hydrazine groups is 1. The van der Waals surface area contributed by atoms with E-state index in [1.165, 1.54) is 10.9 Å². The summed E-state index contributed by atoms with van der Waals surface area (Å²) in [4.78, 5) is 3.41. The predicted octanol–water partition coefficient (Wildman–Crippen LogP) is 2.56. The number of nitrogens with one attached hydrogen (secondary N) is 2. The van der Waals surface area contributed by atoms with Gasteiger partial charge >= 0.3 is 0 Å². The summed E-state index contributed by atoms with van der Waals surface area (Å²) >= 11 is 1.61. The molecular weight excluding hydrogens is 270 g/mol. The SMILES string of the molecule is Cc1cccc2[nH]c(-c3nnc(CNN(C)C)s3)cc12. The Kier molecular flexibility index (Phi) is 3.52. The molecule has 0 fully saturated rings. The summed E-state index contributed by atoms with van der Waals surface area (Å²) < 4.78 is 0. The molecule has 104 valence electrons. The highest BCUT2D eigenvalue weighted by Gasteiger charge is 2.10. The highest BCUT2D eigenvalue weighted by molar-refractivity contribution is 7.14. The molecule has 0 radical (unpaired) electrons. The Balaban J connectivity index is 1.89. The van der Waals surface area contributed by atoms with Crippen LogP contribution in [0.25, 0.3) is 21.6 Å². The van der Waals surface area contributed by atoms with Crippen molar-refractivity contribution >= 4 is 22.2 Å². The Morgan fingerprint density at radius 2 is 2.15 bits per heavy atom. The maximum Gasteiger partial charge on any atom is 0.164 e. The van der Waals surface area contributed by atoms with Crippen molar-refractivity contribution in [2.45, 2.75) is 13.5 Å². The second-order valence-electron chi connectivity index (χ2n) is 4.95. The lowest BCUT2D eigenvalue weighted by Gasteiger charge is -2.08. The van der Waals surface area contributed by atoms with Gasteiger partial charge in [-0.25, -0.2) is 5.43 Å². The summed E-state index contributed by atoms with van der Waals surface area (Å²) in [6, 6.07) is 8.41. The van der Waals surface area contributed by atoms with Gasteiger partial charge in [0, 0.05) is 25.0 Å². The van der Waals surface area contributed by atoms with Crippen LogP contribution >= 0.6 is 11.3 Å². The average molecular weight is 287 g/mol. The molecule has 0 atom stereocenters. The van der Waals surface area contributed by atoms with Crippen molar-refractivity contribution in [1.82, 2.24) is 25.6 Å². The van der Waals surface area contributed by atoms with Crippen LogP contribution in [0.5, 0.6) is 0 Å². The third-order valence-electron chi connectivity index (χ3n) is 3.13. The first-order valence-corrected chi connectivity index (χ1v) is 7.27. The van der Waals surface area contributed by atoms with E-state index < -0.39 is 0 Å². The minimum atomic E-state index is 0.698. The normalized spacial score (nSPS) is 11.6. The number of nitrogens with zero attached hydrogens (tertiary/aromatic N) is 3. The van der Waals surface area contributed by atoms with Crippen LogP contribution in [0.2, 0.25) is 0 Å². The fourth-order valence-electron chi connectivity index (χ4n) is 2.08. The molecule has 2 aromatic heterocycles. The summed E-state index contributed by atoms with van der Waals surface area (Å²) in [7, 11) is 3.92. The fraction of sp³-hybridized carbons (Fsp3) is 0.286. The summed E-state index contributed by atoms with van der Waals surface area (Å²) in [6.45, 7) is 2.82. The topological polar surface area (TPSA) is 56.8 Å². The lowest BCUT2D eigenvalue weighted by atomic mass is 10.1. The van der Waals surface area contributed by atoms with Crippen LogP contribution in [-0.4, -0.2) is 34.3 Å². The van der Waals surface area contributed by atoms with E-state index in [4.69, 9.17) is 0 Å². The molecule has 6 heteroatoms. The molecule has 0 amide bonds. The van der Waals surface area contributed by atoms with Crippen molar-refractivity contribution in [3.8, 4) is 10.7 Å². The molecule has 0 aliphatic carbocycles.